The summed E-state index contributed by atoms with van der Waals surface area (Å²) in [5, 5.41) is 0. The Kier molecular flexibility index (Phi) is 4.24. The van der Waals surface area contributed by atoms with Crippen LogP contribution in [-0.2, 0) is 4.79 Å². The highest BCUT2D eigenvalue weighted by molar-refractivity contribution is 9.10. The first-order valence-electron chi connectivity index (χ1n) is 6.30. The molecule has 0 bridgehead atoms. The summed E-state index contributed by atoms with van der Waals surface area (Å²) in [6.07, 6.45) is 0. The predicted molar refractivity (Wildman–Crippen MR) is 77.0 cm³/mol. The van der Waals surface area contributed by atoms with Crippen LogP contribution in [0.1, 0.15) is 22.8 Å². The van der Waals surface area contributed by atoms with Gasteiger partial charge >= 0.3 is 0 Å². The third-order valence-corrected chi connectivity index (χ3v) is 4.29. The average molecular weight is 325 g/mol. The molecule has 5 heteroatoms. The summed E-state index contributed by atoms with van der Waals surface area (Å²) in [4.78, 5) is 27.2. The zero-order valence-electron chi connectivity index (χ0n) is 11.1. The fourth-order valence-electron chi connectivity index (χ4n) is 2.13. The molecule has 19 heavy (non-hydrogen) atoms. The normalized spacial score (nSPS) is 15.5. The summed E-state index contributed by atoms with van der Waals surface area (Å²) < 4.78 is 0.945. The van der Waals surface area contributed by atoms with Crippen LogP contribution >= 0.6 is 15.9 Å². The van der Waals surface area contributed by atoms with E-state index in [9.17, 15) is 9.59 Å². The fraction of sp³-hybridized carbons (Fsp3) is 0.429. The monoisotopic (exact) mass is 324 g/mol. The molecule has 0 saturated carbocycles. The molecular weight excluding hydrogens is 308 g/mol. The van der Waals surface area contributed by atoms with Crippen LogP contribution < -0.4 is 0 Å². The van der Waals surface area contributed by atoms with Crippen molar-refractivity contribution in [2.45, 2.75) is 13.8 Å². The lowest BCUT2D eigenvalue weighted by atomic mass is 10.1. The summed E-state index contributed by atoms with van der Waals surface area (Å²) in [5.74, 6) is 0.106. The molecule has 1 aromatic carbocycles. The molecule has 0 aliphatic carbocycles. The minimum Gasteiger partial charge on any atom is -0.339 e. The molecule has 0 N–H and O–H groups in total. The highest BCUT2D eigenvalue weighted by Gasteiger charge is 2.23. The molecule has 0 atom stereocenters. The van der Waals surface area contributed by atoms with Gasteiger partial charge in [0.2, 0.25) is 5.91 Å². The van der Waals surface area contributed by atoms with E-state index >= 15 is 0 Å². The Morgan fingerprint density at radius 3 is 2.21 bits per heavy atom. The van der Waals surface area contributed by atoms with E-state index in [2.05, 4.69) is 15.9 Å². The number of amides is 2. The Hall–Kier alpha value is -1.36. The second-order valence-corrected chi connectivity index (χ2v) is 5.62. The molecule has 1 fully saturated rings. The van der Waals surface area contributed by atoms with E-state index in [0.717, 1.165) is 10.0 Å². The number of halogens is 1. The summed E-state index contributed by atoms with van der Waals surface area (Å²) in [5.41, 5.74) is 1.80. The van der Waals surface area contributed by atoms with E-state index in [0.29, 0.717) is 31.7 Å². The van der Waals surface area contributed by atoms with Crippen LogP contribution in [0.3, 0.4) is 0 Å². The van der Waals surface area contributed by atoms with Crippen molar-refractivity contribution in [1.29, 1.82) is 0 Å². The first kappa shape index (κ1) is 14.1. The van der Waals surface area contributed by atoms with Crippen LogP contribution in [0.2, 0.25) is 0 Å². The number of benzene rings is 1. The summed E-state index contributed by atoms with van der Waals surface area (Å²) in [6.45, 7) is 5.99. The molecular formula is C14H17BrN2O2. The lowest BCUT2D eigenvalue weighted by molar-refractivity contribution is -0.130. The van der Waals surface area contributed by atoms with Gasteiger partial charge in [0.1, 0.15) is 0 Å². The third kappa shape index (κ3) is 3.15. The van der Waals surface area contributed by atoms with E-state index in [1.54, 1.807) is 16.7 Å². The number of nitrogens with zero attached hydrogens (tertiary/aromatic N) is 2. The van der Waals surface area contributed by atoms with Crippen molar-refractivity contribution in [1.82, 2.24) is 9.80 Å². The van der Waals surface area contributed by atoms with Gasteiger partial charge in [0.25, 0.3) is 5.91 Å². The van der Waals surface area contributed by atoms with Crippen molar-refractivity contribution in [3.8, 4) is 0 Å². The Bertz CT molecular complexity index is 508. The third-order valence-electron chi connectivity index (χ3n) is 3.43. The van der Waals surface area contributed by atoms with Gasteiger partial charge in [-0.1, -0.05) is 22.0 Å². The van der Waals surface area contributed by atoms with Crippen LogP contribution in [0.15, 0.2) is 22.7 Å². The zero-order chi connectivity index (χ0) is 14.0. The minimum absolute atomic E-state index is 0.0314. The van der Waals surface area contributed by atoms with Crippen molar-refractivity contribution >= 4 is 27.7 Å². The molecule has 2 amide bonds. The van der Waals surface area contributed by atoms with E-state index in [1.807, 2.05) is 25.1 Å². The molecule has 0 spiro atoms. The molecule has 0 radical (unpaired) electrons. The van der Waals surface area contributed by atoms with Crippen molar-refractivity contribution < 1.29 is 9.59 Å². The first-order chi connectivity index (χ1) is 8.99. The largest absolute Gasteiger partial charge is 0.339 e. The Morgan fingerprint density at radius 2 is 1.68 bits per heavy atom. The molecule has 1 aliphatic rings. The van der Waals surface area contributed by atoms with Gasteiger partial charge in [0.15, 0.2) is 0 Å². The van der Waals surface area contributed by atoms with E-state index in [1.165, 1.54) is 0 Å². The molecule has 1 heterocycles. The van der Waals surface area contributed by atoms with Crippen LogP contribution in [-0.4, -0.2) is 47.8 Å². The van der Waals surface area contributed by atoms with Crippen molar-refractivity contribution in [3.05, 3.63) is 33.8 Å². The number of hydrogen-bond donors (Lipinski definition) is 0. The fourth-order valence-corrected chi connectivity index (χ4v) is 2.51. The Morgan fingerprint density at radius 1 is 1.11 bits per heavy atom. The van der Waals surface area contributed by atoms with Gasteiger partial charge in [-0.15, -0.1) is 0 Å². The van der Waals surface area contributed by atoms with E-state index < -0.39 is 0 Å². The van der Waals surface area contributed by atoms with Gasteiger partial charge in [-0.05, 0) is 24.6 Å². The van der Waals surface area contributed by atoms with E-state index in [-0.39, 0.29) is 11.8 Å². The van der Waals surface area contributed by atoms with Gasteiger partial charge in [0, 0.05) is 43.1 Å². The smallest absolute Gasteiger partial charge is 0.254 e. The zero-order valence-corrected chi connectivity index (χ0v) is 12.7. The maximum atomic E-state index is 12.3. The number of aryl methyl sites for hydroxylation is 1. The quantitative estimate of drug-likeness (QED) is 0.793. The van der Waals surface area contributed by atoms with Crippen LogP contribution in [0, 0.1) is 6.92 Å². The van der Waals surface area contributed by atoms with Crippen LogP contribution in [0.25, 0.3) is 0 Å². The minimum atomic E-state index is 0.0314. The number of rotatable bonds is 1. The van der Waals surface area contributed by atoms with Crippen LogP contribution in [0.4, 0.5) is 0 Å². The summed E-state index contributed by atoms with van der Waals surface area (Å²) in [6, 6.07) is 5.64. The molecule has 0 aromatic heterocycles. The lowest BCUT2D eigenvalue weighted by Gasteiger charge is -2.34. The SMILES string of the molecule is CC(=O)N1CCN(C(=O)c2ccc(C)c(Br)c2)CC1. The number of piperazine rings is 1. The topological polar surface area (TPSA) is 40.6 Å². The van der Waals surface area contributed by atoms with Crippen LogP contribution in [0.5, 0.6) is 0 Å². The second kappa shape index (κ2) is 5.74. The van der Waals surface area contributed by atoms with E-state index in [4.69, 9.17) is 0 Å². The summed E-state index contributed by atoms with van der Waals surface area (Å²) >= 11 is 3.44. The van der Waals surface area contributed by atoms with Crippen molar-refractivity contribution in [2.75, 3.05) is 26.2 Å². The van der Waals surface area contributed by atoms with Gasteiger partial charge in [-0.2, -0.15) is 0 Å². The number of hydrogen-bond acceptors (Lipinski definition) is 2. The molecule has 0 unspecified atom stereocenters. The number of carbonyl (C=O) groups is 2. The summed E-state index contributed by atoms with van der Waals surface area (Å²) in [7, 11) is 0. The highest BCUT2D eigenvalue weighted by Crippen LogP contribution is 2.19. The predicted octanol–water partition coefficient (Wildman–Crippen LogP) is 2.06. The molecule has 4 nitrogen and oxygen atoms in total. The molecule has 2 rings (SSSR count). The molecule has 1 aliphatic heterocycles. The first-order valence-corrected chi connectivity index (χ1v) is 7.09. The lowest BCUT2D eigenvalue weighted by Crippen LogP contribution is -2.50. The van der Waals surface area contributed by atoms with Gasteiger partial charge in [-0.3, -0.25) is 9.59 Å². The van der Waals surface area contributed by atoms with Crippen molar-refractivity contribution in [3.63, 3.8) is 0 Å². The Balaban J connectivity index is 2.05. The van der Waals surface area contributed by atoms with Gasteiger partial charge in [-0.25, -0.2) is 0 Å². The van der Waals surface area contributed by atoms with Crippen molar-refractivity contribution in [2.24, 2.45) is 0 Å². The Labute approximate surface area is 121 Å². The highest BCUT2D eigenvalue weighted by atomic mass is 79.9. The molecule has 1 aromatic rings. The maximum absolute atomic E-state index is 12.3. The number of carbonyl (C=O) groups excluding carboxylic acids is 2. The van der Waals surface area contributed by atoms with Gasteiger partial charge in [0.05, 0.1) is 0 Å². The molecule has 1 saturated heterocycles. The second-order valence-electron chi connectivity index (χ2n) is 4.76. The van der Waals surface area contributed by atoms with Gasteiger partial charge < -0.3 is 9.80 Å². The average Bonchev–Trinajstić information content (AvgIpc) is 2.41. The maximum Gasteiger partial charge on any atom is 0.254 e. The molecule has 102 valence electrons. The standard InChI is InChI=1S/C14H17BrN2O2/c1-10-3-4-12(9-13(10)15)14(19)17-7-5-16(6-8-17)11(2)18/h3-4,9H,5-8H2,1-2H3.